The topological polar surface area (TPSA) is 20.2 Å². The number of benzene rings is 1. The summed E-state index contributed by atoms with van der Waals surface area (Å²) < 4.78 is 0. The fourth-order valence-electron chi connectivity index (χ4n) is 3.09. The maximum atomic E-state index is 10.1. The molecule has 0 radical (unpaired) electrons. The van der Waals surface area contributed by atoms with Gasteiger partial charge in [-0.2, -0.15) is 0 Å². The summed E-state index contributed by atoms with van der Waals surface area (Å²) in [5, 5.41) is 10.1. The lowest BCUT2D eigenvalue weighted by Crippen LogP contribution is -2.21. The fourth-order valence-corrected chi connectivity index (χ4v) is 3.09. The number of hydrogen-bond acceptors (Lipinski definition) is 1. The van der Waals surface area contributed by atoms with Crippen LogP contribution in [0.3, 0.4) is 0 Å². The Morgan fingerprint density at radius 2 is 1.65 bits per heavy atom. The summed E-state index contributed by atoms with van der Waals surface area (Å²) >= 11 is 0. The molecule has 2 atom stereocenters. The molecule has 0 saturated heterocycles. The second-order valence-corrected chi connectivity index (χ2v) is 5.67. The average molecular weight is 232 g/mol. The number of aliphatic hydroxyl groups is 1. The lowest BCUT2D eigenvalue weighted by molar-refractivity contribution is 0.101. The highest BCUT2D eigenvalue weighted by atomic mass is 16.3. The van der Waals surface area contributed by atoms with E-state index in [4.69, 9.17) is 0 Å². The monoisotopic (exact) mass is 232 g/mol. The predicted octanol–water partition coefficient (Wildman–Crippen LogP) is 3.79. The molecule has 0 bridgehead atoms. The third-order valence-electron chi connectivity index (χ3n) is 3.90. The van der Waals surface area contributed by atoms with E-state index in [0.717, 1.165) is 12.8 Å². The van der Waals surface area contributed by atoms with Crippen LogP contribution in [0, 0.1) is 19.8 Å². The molecule has 17 heavy (non-hydrogen) atoms. The van der Waals surface area contributed by atoms with Crippen molar-refractivity contribution in [2.75, 3.05) is 0 Å². The molecule has 94 valence electrons. The van der Waals surface area contributed by atoms with Crippen molar-refractivity contribution in [1.29, 1.82) is 0 Å². The zero-order valence-corrected chi connectivity index (χ0v) is 11.1. The first-order valence-electron chi connectivity index (χ1n) is 6.90. The summed E-state index contributed by atoms with van der Waals surface area (Å²) in [6.07, 6.45) is 6.92. The van der Waals surface area contributed by atoms with Crippen LogP contribution in [0.25, 0.3) is 0 Å². The molecule has 1 aromatic carbocycles. The Hall–Kier alpha value is -0.820. The van der Waals surface area contributed by atoms with E-state index in [0.29, 0.717) is 5.92 Å². The third kappa shape index (κ3) is 3.57. The number of hydrogen-bond donors (Lipinski definition) is 1. The van der Waals surface area contributed by atoms with E-state index in [2.05, 4.69) is 32.0 Å². The second kappa shape index (κ2) is 5.68. The third-order valence-corrected chi connectivity index (χ3v) is 3.90. The summed E-state index contributed by atoms with van der Waals surface area (Å²) in [6.45, 7) is 4.31. The van der Waals surface area contributed by atoms with Crippen LogP contribution in [0.15, 0.2) is 18.2 Å². The number of aliphatic hydroxyl groups excluding tert-OH is 1. The Balaban J connectivity index is 2.07. The lowest BCUT2D eigenvalue weighted by atomic mass is 9.89. The summed E-state index contributed by atoms with van der Waals surface area (Å²) in [5.74, 6) is 0.471. The molecule has 1 aliphatic rings. The molecule has 0 aromatic heterocycles. The largest absolute Gasteiger partial charge is 0.393 e. The minimum absolute atomic E-state index is 0.0849. The van der Waals surface area contributed by atoms with Crippen LogP contribution in [-0.2, 0) is 6.42 Å². The van der Waals surface area contributed by atoms with E-state index in [-0.39, 0.29) is 6.10 Å². The van der Waals surface area contributed by atoms with E-state index in [1.807, 2.05) is 0 Å². The first-order chi connectivity index (χ1) is 8.15. The molecule has 1 aromatic rings. The molecule has 2 unspecified atom stereocenters. The Morgan fingerprint density at radius 3 is 2.35 bits per heavy atom. The molecular weight excluding hydrogens is 208 g/mol. The van der Waals surface area contributed by atoms with Gasteiger partial charge in [-0.15, -0.1) is 0 Å². The highest BCUT2D eigenvalue weighted by molar-refractivity contribution is 5.28. The van der Waals surface area contributed by atoms with Gasteiger partial charge in [-0.25, -0.2) is 0 Å². The van der Waals surface area contributed by atoms with Gasteiger partial charge in [0.15, 0.2) is 0 Å². The Labute approximate surface area is 105 Å². The SMILES string of the molecule is Cc1cc(C)cc(CC2CCCCCC2O)c1. The molecule has 1 fully saturated rings. The standard InChI is InChI=1S/C16H24O/c1-12-8-13(2)10-14(9-12)11-15-6-4-3-5-7-16(15)17/h8-10,15-17H,3-7,11H2,1-2H3. The van der Waals surface area contributed by atoms with Gasteiger partial charge in [-0.1, -0.05) is 48.6 Å². The van der Waals surface area contributed by atoms with Crippen LogP contribution in [-0.4, -0.2) is 11.2 Å². The summed E-state index contributed by atoms with van der Waals surface area (Å²) in [4.78, 5) is 0. The van der Waals surface area contributed by atoms with Crippen LogP contribution >= 0.6 is 0 Å². The molecule has 0 aliphatic heterocycles. The first-order valence-corrected chi connectivity index (χ1v) is 6.90. The highest BCUT2D eigenvalue weighted by Gasteiger charge is 2.21. The van der Waals surface area contributed by atoms with Crippen molar-refractivity contribution in [1.82, 2.24) is 0 Å². The zero-order valence-electron chi connectivity index (χ0n) is 11.1. The molecule has 1 N–H and O–H groups in total. The molecule has 1 aliphatic carbocycles. The van der Waals surface area contributed by atoms with Crippen LogP contribution in [0.2, 0.25) is 0 Å². The molecular formula is C16H24O. The summed E-state index contributed by atoms with van der Waals surface area (Å²) in [5.41, 5.74) is 4.07. The van der Waals surface area contributed by atoms with Gasteiger partial charge in [0.25, 0.3) is 0 Å². The first kappa shape index (κ1) is 12.6. The van der Waals surface area contributed by atoms with Gasteiger partial charge in [0, 0.05) is 0 Å². The molecule has 0 amide bonds. The minimum Gasteiger partial charge on any atom is -0.393 e. The normalized spacial score (nSPS) is 25.6. The van der Waals surface area contributed by atoms with Crippen molar-refractivity contribution in [2.24, 2.45) is 5.92 Å². The van der Waals surface area contributed by atoms with Crippen molar-refractivity contribution in [3.05, 3.63) is 34.9 Å². The van der Waals surface area contributed by atoms with E-state index < -0.39 is 0 Å². The molecule has 0 heterocycles. The van der Waals surface area contributed by atoms with Crippen molar-refractivity contribution < 1.29 is 5.11 Å². The lowest BCUT2D eigenvalue weighted by Gasteiger charge is -2.20. The molecule has 2 rings (SSSR count). The van der Waals surface area contributed by atoms with Crippen LogP contribution in [0.4, 0.5) is 0 Å². The molecule has 1 heteroatoms. The van der Waals surface area contributed by atoms with Gasteiger partial charge in [0.1, 0.15) is 0 Å². The van der Waals surface area contributed by atoms with E-state index >= 15 is 0 Å². The highest BCUT2D eigenvalue weighted by Crippen LogP contribution is 2.27. The van der Waals surface area contributed by atoms with E-state index in [9.17, 15) is 5.11 Å². The second-order valence-electron chi connectivity index (χ2n) is 5.67. The zero-order chi connectivity index (χ0) is 12.3. The number of rotatable bonds is 2. The van der Waals surface area contributed by atoms with Gasteiger partial charge in [0.05, 0.1) is 6.10 Å². The maximum absolute atomic E-state index is 10.1. The van der Waals surface area contributed by atoms with Crippen LogP contribution in [0.1, 0.15) is 48.8 Å². The van der Waals surface area contributed by atoms with Crippen molar-refractivity contribution >= 4 is 0 Å². The fraction of sp³-hybridized carbons (Fsp3) is 0.625. The van der Waals surface area contributed by atoms with Gasteiger partial charge in [0.2, 0.25) is 0 Å². The minimum atomic E-state index is -0.0849. The van der Waals surface area contributed by atoms with Gasteiger partial charge >= 0.3 is 0 Å². The quantitative estimate of drug-likeness (QED) is 0.769. The van der Waals surface area contributed by atoms with Gasteiger partial charge < -0.3 is 5.11 Å². The Bertz CT molecular complexity index is 350. The van der Waals surface area contributed by atoms with Crippen molar-refractivity contribution in [3.63, 3.8) is 0 Å². The molecule has 1 saturated carbocycles. The summed E-state index contributed by atoms with van der Waals surface area (Å²) in [7, 11) is 0. The van der Waals surface area contributed by atoms with Crippen LogP contribution in [0.5, 0.6) is 0 Å². The van der Waals surface area contributed by atoms with Crippen molar-refractivity contribution in [3.8, 4) is 0 Å². The van der Waals surface area contributed by atoms with E-state index in [1.165, 1.54) is 42.4 Å². The number of aryl methyl sites for hydroxylation is 2. The van der Waals surface area contributed by atoms with Gasteiger partial charge in [-0.05, 0) is 44.6 Å². The molecule has 1 nitrogen and oxygen atoms in total. The summed E-state index contributed by atoms with van der Waals surface area (Å²) in [6, 6.07) is 6.75. The maximum Gasteiger partial charge on any atom is 0.0571 e. The predicted molar refractivity (Wildman–Crippen MR) is 72.2 cm³/mol. The Morgan fingerprint density at radius 1 is 1.00 bits per heavy atom. The van der Waals surface area contributed by atoms with E-state index in [1.54, 1.807) is 0 Å². The average Bonchev–Trinajstić information content (AvgIpc) is 2.43. The van der Waals surface area contributed by atoms with Crippen LogP contribution < -0.4 is 0 Å². The van der Waals surface area contributed by atoms with Gasteiger partial charge in [-0.3, -0.25) is 0 Å². The van der Waals surface area contributed by atoms with Crippen molar-refractivity contribution in [2.45, 2.75) is 58.5 Å². The molecule has 0 spiro atoms. The smallest absolute Gasteiger partial charge is 0.0571 e. The Kier molecular flexibility index (Phi) is 4.22.